The zero-order valence-electron chi connectivity index (χ0n) is 25.6. The average Bonchev–Trinajstić information content (AvgIpc) is 2.98. The lowest BCUT2D eigenvalue weighted by Crippen LogP contribution is -2.65. The van der Waals surface area contributed by atoms with Gasteiger partial charge in [-0.25, -0.2) is 0 Å². The summed E-state index contributed by atoms with van der Waals surface area (Å²) >= 11 is 24.6. The van der Waals surface area contributed by atoms with Gasteiger partial charge in [-0.2, -0.15) is 0 Å². The van der Waals surface area contributed by atoms with Gasteiger partial charge in [-0.3, -0.25) is 9.59 Å². The van der Waals surface area contributed by atoms with E-state index in [0.717, 1.165) is 49.9 Å². The first kappa shape index (κ1) is 36.8. The summed E-state index contributed by atoms with van der Waals surface area (Å²) in [7, 11) is 0. The number of carbonyl (C=O) groups excluding carboxylic acids is 2. The predicted octanol–water partition coefficient (Wildman–Crippen LogP) is 4.91. The number of carbonyl (C=O) groups is 2. The van der Waals surface area contributed by atoms with Crippen molar-refractivity contribution >= 4 is 58.2 Å². The number of unbranched alkanes of at least 4 members (excludes halogenated alkanes) is 1. The van der Waals surface area contributed by atoms with E-state index in [1.807, 2.05) is 21.9 Å². The van der Waals surface area contributed by atoms with E-state index in [9.17, 15) is 9.59 Å². The average molecular weight is 689 g/mol. The summed E-state index contributed by atoms with van der Waals surface area (Å²) in [6, 6.07) is 8.67. The first-order valence-corrected chi connectivity index (χ1v) is 16.8. The van der Waals surface area contributed by atoms with Gasteiger partial charge in [0.05, 0.1) is 32.2 Å². The molecule has 0 unspecified atom stereocenters. The van der Waals surface area contributed by atoms with Crippen molar-refractivity contribution in [3.63, 3.8) is 0 Å². The zero-order valence-corrected chi connectivity index (χ0v) is 28.6. The van der Waals surface area contributed by atoms with Crippen molar-refractivity contribution < 1.29 is 9.59 Å². The van der Waals surface area contributed by atoms with E-state index in [2.05, 4.69) is 19.2 Å². The van der Waals surface area contributed by atoms with Crippen LogP contribution in [0.4, 0.5) is 0 Å². The zero-order chi connectivity index (χ0) is 32.4. The fourth-order valence-electron chi connectivity index (χ4n) is 5.78. The molecule has 44 heavy (non-hydrogen) atoms. The summed E-state index contributed by atoms with van der Waals surface area (Å²) in [4.78, 5) is 31.7. The summed E-state index contributed by atoms with van der Waals surface area (Å²) in [5.41, 5.74) is 20.3. The molecule has 2 amide bonds. The Balaban J connectivity index is 1.81. The van der Waals surface area contributed by atoms with Gasteiger partial charge in [0.1, 0.15) is 0 Å². The Morgan fingerprint density at radius 3 is 1.77 bits per heavy atom. The van der Waals surface area contributed by atoms with Crippen LogP contribution in [0.25, 0.3) is 0 Å². The van der Waals surface area contributed by atoms with E-state index >= 15 is 0 Å². The minimum Gasteiger partial charge on any atom is -0.335 e. The van der Waals surface area contributed by atoms with Gasteiger partial charge in [0, 0.05) is 38.3 Å². The number of nitrogens with one attached hydrogen (secondary N) is 1. The molecule has 1 heterocycles. The molecule has 1 aliphatic heterocycles. The van der Waals surface area contributed by atoms with Crippen molar-refractivity contribution in [2.45, 2.75) is 76.5 Å². The molecule has 0 saturated carbocycles. The third-order valence-electron chi connectivity index (χ3n) is 7.98. The van der Waals surface area contributed by atoms with Crippen LogP contribution in [-0.4, -0.2) is 78.5 Å². The Morgan fingerprint density at radius 1 is 0.795 bits per heavy atom. The van der Waals surface area contributed by atoms with Gasteiger partial charge in [-0.05, 0) is 80.0 Å². The number of amides is 2. The molecule has 1 saturated heterocycles. The molecule has 3 rings (SSSR count). The molecule has 1 fully saturated rings. The van der Waals surface area contributed by atoms with Crippen LogP contribution in [0.3, 0.4) is 0 Å². The van der Waals surface area contributed by atoms with Crippen molar-refractivity contribution in [2.75, 3.05) is 32.7 Å². The van der Waals surface area contributed by atoms with E-state index in [1.54, 1.807) is 24.3 Å². The van der Waals surface area contributed by atoms with Crippen molar-refractivity contribution in [1.82, 2.24) is 15.1 Å². The maximum Gasteiger partial charge on any atom is 0.240 e. The van der Waals surface area contributed by atoms with Gasteiger partial charge < -0.3 is 32.3 Å². The highest BCUT2D eigenvalue weighted by atomic mass is 35.5. The van der Waals surface area contributed by atoms with Crippen LogP contribution in [-0.2, 0) is 22.4 Å². The maximum atomic E-state index is 13.9. The van der Waals surface area contributed by atoms with Gasteiger partial charge in [-0.15, -0.1) is 0 Å². The lowest BCUT2D eigenvalue weighted by molar-refractivity contribution is -0.149. The Labute approximate surface area is 281 Å². The Bertz CT molecular complexity index is 1250. The van der Waals surface area contributed by atoms with Crippen LogP contribution in [0.2, 0.25) is 20.1 Å². The molecule has 1 aliphatic rings. The molecule has 0 spiro atoms. The first-order valence-electron chi connectivity index (χ1n) is 15.3. The van der Waals surface area contributed by atoms with Crippen molar-refractivity contribution in [3.05, 3.63) is 67.6 Å². The summed E-state index contributed by atoms with van der Waals surface area (Å²) in [6.45, 7) is 7.19. The molecule has 8 nitrogen and oxygen atoms in total. The number of nitrogens with zero attached hydrogens (tertiary/aromatic N) is 2. The Morgan fingerprint density at radius 2 is 1.30 bits per heavy atom. The van der Waals surface area contributed by atoms with Gasteiger partial charge in [0.2, 0.25) is 11.8 Å². The number of hydrogen-bond acceptors (Lipinski definition) is 6. The molecule has 0 radical (unpaired) electrons. The second-order valence-corrected chi connectivity index (χ2v) is 13.7. The summed E-state index contributed by atoms with van der Waals surface area (Å²) in [6.07, 6.45) is 3.92. The maximum absolute atomic E-state index is 13.9. The summed E-state index contributed by atoms with van der Waals surface area (Å²) < 4.78 is 0. The molecule has 4 atom stereocenters. The topological polar surface area (TPSA) is 131 Å². The largest absolute Gasteiger partial charge is 0.335 e. The fourth-order valence-corrected chi connectivity index (χ4v) is 6.42. The van der Waals surface area contributed by atoms with E-state index in [-0.39, 0.29) is 23.9 Å². The molecule has 0 aliphatic carbocycles. The fraction of sp³-hybridized carbons (Fsp3) is 0.562. The highest BCUT2D eigenvalue weighted by Crippen LogP contribution is 2.28. The lowest BCUT2D eigenvalue weighted by atomic mass is 9.93. The highest BCUT2D eigenvalue weighted by Gasteiger charge is 2.40. The highest BCUT2D eigenvalue weighted by molar-refractivity contribution is 6.42. The first-order chi connectivity index (χ1) is 20.9. The van der Waals surface area contributed by atoms with E-state index < -0.39 is 12.1 Å². The van der Waals surface area contributed by atoms with Gasteiger partial charge >= 0.3 is 0 Å². The van der Waals surface area contributed by atoms with Gasteiger partial charge in [-0.1, -0.05) is 78.8 Å². The quantitative estimate of drug-likeness (QED) is 0.197. The second-order valence-electron chi connectivity index (χ2n) is 12.1. The third-order valence-corrected chi connectivity index (χ3v) is 9.46. The standard InChI is InChI=1S/C32H46Cl4N6O2/c1-20(2)13-24-19-41(31(43)29(38)16-21-6-8-25(33)27(35)14-21)23(5-3-4-11-40-12-10-37)18-42(24)32(44)30(39)17-22-7-9-26(34)28(36)15-22/h6-9,14-15,20,23-24,29-30,40H,3-5,10-13,16-19,37-39H2,1-2H3/t23-,24+,29+,30+/m0/s1. The van der Waals surface area contributed by atoms with Crippen molar-refractivity contribution in [2.24, 2.45) is 23.1 Å². The van der Waals surface area contributed by atoms with E-state index in [0.29, 0.717) is 58.5 Å². The molecular formula is C32H46Cl4N6O2. The number of hydrogen-bond donors (Lipinski definition) is 4. The number of halogens is 4. The van der Waals surface area contributed by atoms with E-state index in [4.69, 9.17) is 63.6 Å². The molecule has 244 valence electrons. The summed E-state index contributed by atoms with van der Waals surface area (Å²) in [5, 5.41) is 5.06. The van der Waals surface area contributed by atoms with Crippen LogP contribution < -0.4 is 22.5 Å². The van der Waals surface area contributed by atoms with Crippen molar-refractivity contribution in [1.29, 1.82) is 0 Å². The minimum absolute atomic E-state index is 0.136. The normalized spacial score (nSPS) is 18.5. The van der Waals surface area contributed by atoms with Crippen LogP contribution in [0.1, 0.15) is 50.7 Å². The second kappa shape index (κ2) is 17.9. The molecular weight excluding hydrogens is 642 g/mol. The Kier molecular flexibility index (Phi) is 15.0. The number of rotatable bonds is 15. The molecule has 0 aromatic heterocycles. The smallest absolute Gasteiger partial charge is 0.240 e. The van der Waals surface area contributed by atoms with Crippen LogP contribution in [0, 0.1) is 5.92 Å². The molecule has 7 N–H and O–H groups in total. The summed E-state index contributed by atoms with van der Waals surface area (Å²) in [5.74, 6) is 0.0282. The van der Waals surface area contributed by atoms with Gasteiger partial charge in [0.25, 0.3) is 0 Å². The monoisotopic (exact) mass is 686 g/mol. The lowest BCUT2D eigenvalue weighted by Gasteiger charge is -2.48. The number of piperazine rings is 1. The Hall–Kier alpha value is -1.62. The SMILES string of the molecule is CC(C)C[C@@H]1CN(C(=O)[C@H](N)Cc2ccc(Cl)c(Cl)c2)[C@@H](CCCCNCCN)CN1C(=O)[C@H](N)Cc1ccc(Cl)c(Cl)c1. The number of benzene rings is 2. The molecule has 0 bridgehead atoms. The third kappa shape index (κ3) is 10.7. The van der Waals surface area contributed by atoms with E-state index in [1.165, 1.54) is 0 Å². The minimum atomic E-state index is -0.764. The number of nitrogens with two attached hydrogens (primary N) is 3. The van der Waals surface area contributed by atoms with Gasteiger partial charge in [0.15, 0.2) is 0 Å². The predicted molar refractivity (Wildman–Crippen MR) is 183 cm³/mol. The van der Waals surface area contributed by atoms with Crippen molar-refractivity contribution in [3.8, 4) is 0 Å². The van der Waals surface area contributed by atoms with Crippen LogP contribution in [0.15, 0.2) is 36.4 Å². The van der Waals surface area contributed by atoms with Crippen LogP contribution >= 0.6 is 46.4 Å². The molecule has 12 heteroatoms. The van der Waals surface area contributed by atoms with Crippen LogP contribution in [0.5, 0.6) is 0 Å². The molecule has 2 aromatic rings. The molecule has 2 aromatic carbocycles.